The van der Waals surface area contributed by atoms with Crippen molar-refractivity contribution in [2.24, 2.45) is 0 Å². The average Bonchev–Trinajstić information content (AvgIpc) is 3.10. The topological polar surface area (TPSA) is 59.3 Å². The van der Waals surface area contributed by atoms with Gasteiger partial charge in [-0.1, -0.05) is 48.5 Å². The molecule has 5 heteroatoms. The first-order valence-electron chi connectivity index (χ1n) is 8.73. The normalized spacial score (nSPS) is 12.9. The van der Waals surface area contributed by atoms with Gasteiger partial charge in [-0.25, -0.2) is 4.68 Å². The molecule has 0 bridgehead atoms. The first-order valence-corrected chi connectivity index (χ1v) is 8.73. The first-order chi connectivity index (χ1) is 12.8. The Bertz CT molecular complexity index is 916. The molecule has 1 aromatic heterocycles. The van der Waals surface area contributed by atoms with E-state index < -0.39 is 0 Å². The molecule has 0 radical (unpaired) electrons. The molecular formula is C21H21N3O2. The van der Waals surface area contributed by atoms with Crippen LogP contribution in [0.2, 0.25) is 0 Å². The molecule has 5 nitrogen and oxygen atoms in total. The van der Waals surface area contributed by atoms with Crippen LogP contribution in [0.15, 0.2) is 66.2 Å². The molecule has 0 fully saturated rings. The number of nitrogens with one attached hydrogen (secondary N) is 1. The Labute approximate surface area is 152 Å². The van der Waals surface area contributed by atoms with Crippen LogP contribution in [0.3, 0.4) is 0 Å². The molecule has 3 aromatic rings. The van der Waals surface area contributed by atoms with Crippen molar-refractivity contribution in [3.05, 3.63) is 71.8 Å². The van der Waals surface area contributed by atoms with E-state index in [1.807, 2.05) is 54.6 Å². The molecule has 0 unspecified atom stereocenters. The molecule has 4 rings (SSSR count). The monoisotopic (exact) mass is 347 g/mol. The summed E-state index contributed by atoms with van der Waals surface area (Å²) >= 11 is 0. The van der Waals surface area contributed by atoms with Crippen LogP contribution in [0.1, 0.15) is 5.56 Å². The lowest BCUT2D eigenvalue weighted by Gasteiger charge is -2.18. The van der Waals surface area contributed by atoms with Crippen molar-refractivity contribution in [1.29, 1.82) is 0 Å². The van der Waals surface area contributed by atoms with Crippen LogP contribution >= 0.6 is 0 Å². The van der Waals surface area contributed by atoms with Crippen molar-refractivity contribution >= 4 is 11.9 Å². The van der Waals surface area contributed by atoms with Gasteiger partial charge >= 0.3 is 0 Å². The van der Waals surface area contributed by atoms with E-state index in [2.05, 4.69) is 22.6 Å². The Morgan fingerprint density at radius 3 is 2.73 bits per heavy atom. The maximum atomic E-state index is 9.33. The van der Waals surface area contributed by atoms with Crippen LogP contribution in [0, 0.1) is 0 Å². The Kier molecular flexibility index (Phi) is 4.71. The van der Waals surface area contributed by atoms with Crippen LogP contribution in [0.4, 0.5) is 5.82 Å². The predicted octanol–water partition coefficient (Wildman–Crippen LogP) is 3.43. The number of para-hydroxylation sites is 1. The highest BCUT2D eigenvalue weighted by Crippen LogP contribution is 2.26. The highest BCUT2D eigenvalue weighted by molar-refractivity contribution is 5.65. The molecule has 0 saturated carbocycles. The summed E-state index contributed by atoms with van der Waals surface area (Å²) < 4.78 is 7.61. The highest BCUT2D eigenvalue weighted by Gasteiger charge is 2.13. The average molecular weight is 347 g/mol. The zero-order valence-corrected chi connectivity index (χ0v) is 14.4. The third-order valence-electron chi connectivity index (χ3n) is 4.35. The van der Waals surface area contributed by atoms with Gasteiger partial charge in [-0.2, -0.15) is 5.10 Å². The Balaban J connectivity index is 1.53. The number of nitrogens with zero attached hydrogens (tertiary/aromatic N) is 2. The van der Waals surface area contributed by atoms with E-state index in [-0.39, 0.29) is 6.61 Å². The van der Waals surface area contributed by atoms with E-state index in [4.69, 9.17) is 4.74 Å². The second-order valence-electron chi connectivity index (χ2n) is 6.21. The number of hydrogen-bond donors (Lipinski definition) is 2. The van der Waals surface area contributed by atoms with E-state index in [0.29, 0.717) is 19.7 Å². The minimum absolute atomic E-state index is 0.0454. The fourth-order valence-electron chi connectivity index (χ4n) is 3.04. The van der Waals surface area contributed by atoms with E-state index in [1.165, 1.54) is 5.57 Å². The summed E-state index contributed by atoms with van der Waals surface area (Å²) in [7, 11) is 0. The standard InChI is InChI=1S/C21H21N3O2/c25-11-10-24-21(13-19(23-24)17-6-2-1-3-7-17)22-14-16-12-18-8-4-5-9-20(18)26-15-16/h1-9,12-13,22,25H,10-11,14-15H2. The van der Waals surface area contributed by atoms with Crippen LogP contribution in [-0.2, 0) is 6.54 Å². The van der Waals surface area contributed by atoms with Crippen LogP contribution in [0.5, 0.6) is 5.75 Å². The smallest absolute Gasteiger partial charge is 0.127 e. The van der Waals surface area contributed by atoms with Gasteiger partial charge in [0.25, 0.3) is 0 Å². The lowest BCUT2D eigenvalue weighted by atomic mass is 10.1. The second-order valence-corrected chi connectivity index (χ2v) is 6.21. The number of benzene rings is 2. The van der Waals surface area contributed by atoms with Gasteiger partial charge in [0.05, 0.1) is 18.8 Å². The van der Waals surface area contributed by atoms with Gasteiger partial charge in [0.1, 0.15) is 18.2 Å². The molecular weight excluding hydrogens is 326 g/mol. The molecule has 2 aromatic carbocycles. The molecule has 2 N–H and O–H groups in total. The maximum Gasteiger partial charge on any atom is 0.127 e. The molecule has 1 aliphatic heterocycles. The van der Waals surface area contributed by atoms with E-state index in [0.717, 1.165) is 28.4 Å². The van der Waals surface area contributed by atoms with Gasteiger partial charge in [-0.15, -0.1) is 0 Å². The number of aliphatic hydroxyl groups is 1. The van der Waals surface area contributed by atoms with Gasteiger partial charge in [0, 0.05) is 23.7 Å². The maximum absolute atomic E-state index is 9.33. The van der Waals surface area contributed by atoms with Crippen molar-refractivity contribution in [1.82, 2.24) is 9.78 Å². The molecule has 132 valence electrons. The van der Waals surface area contributed by atoms with Crippen LogP contribution in [-0.4, -0.2) is 34.6 Å². The molecule has 0 amide bonds. The summed E-state index contributed by atoms with van der Waals surface area (Å²) in [6.45, 7) is 1.74. The van der Waals surface area contributed by atoms with Gasteiger partial charge in [-0.3, -0.25) is 0 Å². The van der Waals surface area contributed by atoms with Crippen molar-refractivity contribution in [3.63, 3.8) is 0 Å². The Hall–Kier alpha value is -3.05. The predicted molar refractivity (Wildman–Crippen MR) is 103 cm³/mol. The quantitative estimate of drug-likeness (QED) is 0.717. The zero-order chi connectivity index (χ0) is 17.8. The van der Waals surface area contributed by atoms with Gasteiger partial charge < -0.3 is 15.2 Å². The zero-order valence-electron chi connectivity index (χ0n) is 14.4. The minimum atomic E-state index is 0.0454. The lowest BCUT2D eigenvalue weighted by molar-refractivity contribution is 0.270. The summed E-state index contributed by atoms with van der Waals surface area (Å²) in [5.74, 6) is 1.81. The molecule has 0 atom stereocenters. The molecule has 2 heterocycles. The summed E-state index contributed by atoms with van der Waals surface area (Å²) in [5, 5.41) is 17.4. The molecule has 0 spiro atoms. The minimum Gasteiger partial charge on any atom is -0.489 e. The number of aromatic nitrogens is 2. The molecule has 0 saturated heterocycles. The third kappa shape index (κ3) is 3.48. The van der Waals surface area contributed by atoms with Crippen molar-refractivity contribution < 1.29 is 9.84 Å². The van der Waals surface area contributed by atoms with E-state index >= 15 is 0 Å². The van der Waals surface area contributed by atoms with Crippen molar-refractivity contribution in [2.45, 2.75) is 6.54 Å². The number of anilines is 1. The SMILES string of the molecule is OCCn1nc(-c2ccccc2)cc1NCC1=Cc2ccccc2OC1. The summed E-state index contributed by atoms with van der Waals surface area (Å²) in [4.78, 5) is 0. The number of aliphatic hydroxyl groups excluding tert-OH is 1. The lowest BCUT2D eigenvalue weighted by Crippen LogP contribution is -2.17. The van der Waals surface area contributed by atoms with E-state index in [9.17, 15) is 5.11 Å². The van der Waals surface area contributed by atoms with Crippen LogP contribution < -0.4 is 10.1 Å². The Morgan fingerprint density at radius 1 is 1.08 bits per heavy atom. The van der Waals surface area contributed by atoms with Crippen molar-refractivity contribution in [3.8, 4) is 17.0 Å². The van der Waals surface area contributed by atoms with Gasteiger partial charge in [0.2, 0.25) is 0 Å². The number of hydrogen-bond acceptors (Lipinski definition) is 4. The summed E-state index contributed by atoms with van der Waals surface area (Å²) in [6.07, 6.45) is 2.16. The highest BCUT2D eigenvalue weighted by atomic mass is 16.5. The fraction of sp³-hybridized carbons (Fsp3) is 0.190. The molecule has 26 heavy (non-hydrogen) atoms. The van der Waals surface area contributed by atoms with Gasteiger partial charge in [0.15, 0.2) is 0 Å². The number of fused-ring (bicyclic) bond motifs is 1. The largest absolute Gasteiger partial charge is 0.489 e. The molecule has 0 aliphatic carbocycles. The second kappa shape index (κ2) is 7.45. The summed E-state index contributed by atoms with van der Waals surface area (Å²) in [5.41, 5.74) is 4.22. The van der Waals surface area contributed by atoms with Crippen molar-refractivity contribution in [2.75, 3.05) is 25.1 Å². The fourth-order valence-corrected chi connectivity index (χ4v) is 3.04. The van der Waals surface area contributed by atoms with E-state index in [1.54, 1.807) is 4.68 Å². The number of ether oxygens (including phenoxy) is 1. The molecule has 1 aliphatic rings. The number of rotatable bonds is 6. The van der Waals surface area contributed by atoms with Gasteiger partial charge in [-0.05, 0) is 17.7 Å². The first kappa shape index (κ1) is 16.4. The Morgan fingerprint density at radius 2 is 1.88 bits per heavy atom. The third-order valence-corrected chi connectivity index (χ3v) is 4.35. The summed E-state index contributed by atoms with van der Waals surface area (Å²) in [6, 6.07) is 20.1. The van der Waals surface area contributed by atoms with Crippen LogP contribution in [0.25, 0.3) is 17.3 Å².